The van der Waals surface area contributed by atoms with Crippen LogP contribution in [0.2, 0.25) is 5.15 Å². The van der Waals surface area contributed by atoms with Crippen LogP contribution in [0.4, 0.5) is 5.69 Å². The van der Waals surface area contributed by atoms with Crippen molar-refractivity contribution in [3.05, 3.63) is 21.0 Å². The molecule has 0 saturated carbocycles. The number of hydrogen-bond acceptors (Lipinski definition) is 5. The maximum atomic E-state index is 11.5. The molecular formula is C7H10ClIN3O4S2-. The highest BCUT2D eigenvalue weighted by Crippen LogP contribution is 2.24. The van der Waals surface area contributed by atoms with E-state index in [1.165, 1.54) is 12.3 Å². The number of pyridine rings is 1. The summed E-state index contributed by atoms with van der Waals surface area (Å²) in [5.41, 5.74) is 0.240. The van der Waals surface area contributed by atoms with Crippen molar-refractivity contribution in [2.75, 3.05) is 10.6 Å². The standard InChI is InChI=1S/C6H7ClIN3O4S2.CH4/c7-6-5(8)4(1-2-9-6)11-17(14,15)3-10-16(12)13;/h1-2,10H,3H2,(H,9,11)(H,12,13);1H4/p-1. The third-order valence-electron chi connectivity index (χ3n) is 1.48. The molecule has 1 heterocycles. The van der Waals surface area contributed by atoms with E-state index in [0.29, 0.717) is 3.57 Å². The second-order valence-corrected chi connectivity index (χ2v) is 6.62. The Labute approximate surface area is 126 Å². The van der Waals surface area contributed by atoms with Crippen molar-refractivity contribution in [3.63, 3.8) is 0 Å². The van der Waals surface area contributed by atoms with Gasteiger partial charge in [-0.05, 0) is 28.7 Å². The molecule has 1 atom stereocenters. The smallest absolute Gasteiger partial charge is 0.246 e. The minimum atomic E-state index is -3.81. The topological polar surface area (TPSA) is 111 Å². The van der Waals surface area contributed by atoms with Crippen LogP contribution in [0.15, 0.2) is 12.3 Å². The van der Waals surface area contributed by atoms with E-state index >= 15 is 0 Å². The summed E-state index contributed by atoms with van der Waals surface area (Å²) >= 11 is 4.89. The van der Waals surface area contributed by atoms with Crippen LogP contribution in [0.5, 0.6) is 0 Å². The molecule has 0 saturated heterocycles. The van der Waals surface area contributed by atoms with Gasteiger partial charge in [-0.25, -0.2) is 18.1 Å². The second kappa shape index (κ2) is 7.55. The summed E-state index contributed by atoms with van der Waals surface area (Å²) in [5, 5.41) is 0.158. The van der Waals surface area contributed by atoms with Crippen molar-refractivity contribution in [3.8, 4) is 0 Å². The van der Waals surface area contributed by atoms with Crippen molar-refractivity contribution >= 4 is 61.2 Å². The predicted octanol–water partition coefficient (Wildman–Crippen LogP) is 1.06. The van der Waals surface area contributed by atoms with Crippen LogP contribution in [0, 0.1) is 3.57 Å². The lowest BCUT2D eigenvalue weighted by atomic mass is 10.4. The van der Waals surface area contributed by atoms with E-state index in [1.807, 2.05) is 22.6 Å². The number of rotatable bonds is 5. The molecule has 18 heavy (non-hydrogen) atoms. The van der Waals surface area contributed by atoms with Crippen molar-refractivity contribution in [1.29, 1.82) is 0 Å². The minimum absolute atomic E-state index is 0. The lowest BCUT2D eigenvalue weighted by molar-refractivity contribution is 0.525. The van der Waals surface area contributed by atoms with Gasteiger partial charge in [-0.1, -0.05) is 19.0 Å². The van der Waals surface area contributed by atoms with Crippen LogP contribution in [-0.4, -0.2) is 28.0 Å². The van der Waals surface area contributed by atoms with Crippen LogP contribution in [0.1, 0.15) is 7.43 Å². The van der Waals surface area contributed by atoms with Gasteiger partial charge in [-0.15, -0.1) is 0 Å². The van der Waals surface area contributed by atoms with Crippen LogP contribution in [0.25, 0.3) is 0 Å². The molecule has 1 rings (SSSR count). The fourth-order valence-corrected chi connectivity index (χ4v) is 3.20. The van der Waals surface area contributed by atoms with E-state index in [0.717, 1.165) is 0 Å². The Morgan fingerprint density at radius 2 is 2.17 bits per heavy atom. The van der Waals surface area contributed by atoms with Gasteiger partial charge in [0.15, 0.2) is 0 Å². The summed E-state index contributed by atoms with van der Waals surface area (Å²) in [7, 11) is -3.81. The van der Waals surface area contributed by atoms with Crippen LogP contribution in [0.3, 0.4) is 0 Å². The molecule has 1 aromatic rings. The van der Waals surface area contributed by atoms with Crippen LogP contribution < -0.4 is 9.44 Å². The number of sulfonamides is 1. The third kappa shape index (κ3) is 5.75. The third-order valence-corrected chi connectivity index (χ3v) is 4.79. The Hall–Kier alpha value is -0.0100. The first-order valence-electron chi connectivity index (χ1n) is 3.95. The molecule has 0 aliphatic heterocycles. The van der Waals surface area contributed by atoms with Gasteiger partial charge in [-0.3, -0.25) is 8.93 Å². The second-order valence-electron chi connectivity index (χ2n) is 2.70. The Bertz CT molecular complexity index is 539. The average molecular weight is 427 g/mol. The first-order valence-corrected chi connectivity index (χ1v) is 8.13. The molecule has 11 heteroatoms. The van der Waals surface area contributed by atoms with Gasteiger partial charge in [0.1, 0.15) is 11.0 Å². The largest absolute Gasteiger partial charge is 0.760 e. The molecule has 1 aromatic heterocycles. The van der Waals surface area contributed by atoms with E-state index in [4.69, 9.17) is 11.6 Å². The lowest BCUT2D eigenvalue weighted by Crippen LogP contribution is -2.29. The maximum absolute atomic E-state index is 11.5. The van der Waals surface area contributed by atoms with Crippen LogP contribution in [-0.2, 0) is 21.3 Å². The van der Waals surface area contributed by atoms with Gasteiger partial charge in [0.25, 0.3) is 0 Å². The molecule has 0 aliphatic carbocycles. The summed E-state index contributed by atoms with van der Waals surface area (Å²) in [4.78, 5) is 3.75. The molecule has 0 fully saturated rings. The van der Waals surface area contributed by atoms with Crippen molar-refractivity contribution in [1.82, 2.24) is 9.71 Å². The van der Waals surface area contributed by atoms with E-state index in [2.05, 4.69) is 9.71 Å². The summed E-state index contributed by atoms with van der Waals surface area (Å²) in [6.07, 6.45) is 1.33. The summed E-state index contributed by atoms with van der Waals surface area (Å²) in [5.74, 6) is -0.751. The number of nitrogens with zero attached hydrogens (tertiary/aromatic N) is 1. The summed E-state index contributed by atoms with van der Waals surface area (Å²) < 4.78 is 47.6. The molecule has 0 amide bonds. The predicted molar refractivity (Wildman–Crippen MR) is 78.2 cm³/mol. The zero-order chi connectivity index (χ0) is 13.1. The van der Waals surface area contributed by atoms with Crippen molar-refractivity contribution < 1.29 is 17.2 Å². The molecule has 7 nitrogen and oxygen atoms in total. The Kier molecular flexibility index (Phi) is 7.54. The average Bonchev–Trinajstić information content (AvgIpc) is 2.22. The highest BCUT2D eigenvalue weighted by Gasteiger charge is 2.13. The minimum Gasteiger partial charge on any atom is -0.760 e. The van der Waals surface area contributed by atoms with Gasteiger partial charge in [-0.2, -0.15) is 0 Å². The fourth-order valence-electron chi connectivity index (χ4n) is 0.826. The SMILES string of the molecule is C.O=S([O-])NCS(=O)(=O)Nc1ccnc(Cl)c1I. The molecule has 1 unspecified atom stereocenters. The van der Waals surface area contributed by atoms with Gasteiger partial charge in [0.2, 0.25) is 10.0 Å². The molecule has 0 radical (unpaired) electrons. The number of halogens is 2. The number of anilines is 1. The number of nitrogens with one attached hydrogen (secondary N) is 2. The summed E-state index contributed by atoms with van der Waals surface area (Å²) in [6.45, 7) is 0. The molecular weight excluding hydrogens is 417 g/mol. The molecule has 0 bridgehead atoms. The fraction of sp³-hybridized carbons (Fsp3) is 0.286. The molecule has 0 aromatic carbocycles. The van der Waals surface area contributed by atoms with Gasteiger partial charge >= 0.3 is 0 Å². The highest BCUT2D eigenvalue weighted by molar-refractivity contribution is 14.1. The molecule has 104 valence electrons. The molecule has 0 spiro atoms. The maximum Gasteiger partial charge on any atom is 0.246 e. The molecule has 0 aliphatic rings. The normalized spacial score (nSPS) is 12.6. The van der Waals surface area contributed by atoms with E-state index in [9.17, 15) is 17.2 Å². The van der Waals surface area contributed by atoms with Crippen molar-refractivity contribution in [2.45, 2.75) is 7.43 Å². The van der Waals surface area contributed by atoms with E-state index in [1.54, 1.807) is 4.72 Å². The van der Waals surface area contributed by atoms with Crippen LogP contribution >= 0.6 is 34.2 Å². The number of aromatic nitrogens is 1. The van der Waals surface area contributed by atoms with Gasteiger partial charge < -0.3 is 4.55 Å². The van der Waals surface area contributed by atoms with Gasteiger partial charge in [0, 0.05) is 17.5 Å². The Morgan fingerprint density at radius 1 is 1.56 bits per heavy atom. The number of hydrogen-bond donors (Lipinski definition) is 2. The Morgan fingerprint density at radius 3 is 2.72 bits per heavy atom. The quantitative estimate of drug-likeness (QED) is 0.415. The Balaban J connectivity index is 0.00000289. The highest BCUT2D eigenvalue weighted by atomic mass is 127. The lowest BCUT2D eigenvalue weighted by Gasteiger charge is -2.11. The zero-order valence-electron chi connectivity index (χ0n) is 8.01. The van der Waals surface area contributed by atoms with Gasteiger partial charge in [0.05, 0.1) is 9.26 Å². The first kappa shape index (κ1) is 18.0. The molecule has 2 N–H and O–H groups in total. The monoisotopic (exact) mass is 426 g/mol. The van der Waals surface area contributed by atoms with E-state index in [-0.39, 0.29) is 18.3 Å². The van der Waals surface area contributed by atoms with E-state index < -0.39 is 27.2 Å². The zero-order valence-corrected chi connectivity index (χ0v) is 12.6. The van der Waals surface area contributed by atoms with Crippen molar-refractivity contribution in [2.24, 2.45) is 0 Å². The summed E-state index contributed by atoms with van der Waals surface area (Å²) in [6, 6.07) is 1.42. The first-order chi connectivity index (χ1) is 7.82.